The van der Waals surface area contributed by atoms with Gasteiger partial charge in [0.2, 0.25) is 11.8 Å². The van der Waals surface area contributed by atoms with Crippen LogP contribution in [-0.2, 0) is 28.3 Å². The van der Waals surface area contributed by atoms with Gasteiger partial charge in [0.1, 0.15) is 6.04 Å². The Morgan fingerprint density at radius 1 is 0.886 bits per heavy atom. The van der Waals surface area contributed by atoms with Crippen molar-refractivity contribution in [2.45, 2.75) is 51.1 Å². The lowest BCUT2D eigenvalue weighted by atomic mass is 10.0. The number of carbonyl (C=O) groups is 2. The Bertz CT molecular complexity index is 1100. The van der Waals surface area contributed by atoms with E-state index in [1.807, 2.05) is 106 Å². The molecular weight excluding hydrogens is 476 g/mol. The minimum absolute atomic E-state index is 0.0872. The third-order valence-corrected chi connectivity index (χ3v) is 6.76. The molecule has 0 spiro atoms. The summed E-state index contributed by atoms with van der Waals surface area (Å²) in [6.07, 6.45) is 0.419. The molecule has 0 aliphatic heterocycles. The van der Waals surface area contributed by atoms with Crippen molar-refractivity contribution in [1.82, 2.24) is 10.2 Å². The van der Waals surface area contributed by atoms with Crippen molar-refractivity contribution >= 4 is 35.2 Å². The maximum atomic E-state index is 13.6. The Kier molecular flexibility index (Phi) is 9.82. The van der Waals surface area contributed by atoms with Gasteiger partial charge < -0.3 is 10.2 Å². The van der Waals surface area contributed by atoms with Gasteiger partial charge in [-0.2, -0.15) is 0 Å². The third-order valence-electron chi connectivity index (χ3n) is 5.40. The molecule has 3 aromatic carbocycles. The Labute approximate surface area is 218 Å². The molecule has 184 valence electrons. The molecule has 1 N–H and O–H groups in total. The van der Waals surface area contributed by atoms with E-state index >= 15 is 0 Å². The van der Waals surface area contributed by atoms with Gasteiger partial charge in [-0.25, -0.2) is 0 Å². The predicted octanol–water partition coefficient (Wildman–Crippen LogP) is 6.13. The largest absolute Gasteiger partial charge is 0.350 e. The SMILES string of the molecule is CC(C)(C)NC(=O)[C@@H](Cc1ccccc1)N(Cc1ccccc1Cl)C(=O)CSCc1ccccc1. The molecule has 0 aliphatic carbocycles. The van der Waals surface area contributed by atoms with Crippen LogP contribution in [0.3, 0.4) is 0 Å². The molecule has 0 radical (unpaired) electrons. The van der Waals surface area contributed by atoms with Gasteiger partial charge in [-0.15, -0.1) is 11.8 Å². The van der Waals surface area contributed by atoms with Crippen LogP contribution in [0.15, 0.2) is 84.9 Å². The van der Waals surface area contributed by atoms with Crippen LogP contribution in [0.25, 0.3) is 0 Å². The topological polar surface area (TPSA) is 49.4 Å². The van der Waals surface area contributed by atoms with E-state index in [0.717, 1.165) is 22.4 Å². The first-order chi connectivity index (χ1) is 16.7. The van der Waals surface area contributed by atoms with Crippen LogP contribution in [0.2, 0.25) is 5.02 Å². The van der Waals surface area contributed by atoms with E-state index in [1.54, 1.807) is 16.7 Å². The van der Waals surface area contributed by atoms with Gasteiger partial charge in [-0.05, 0) is 43.5 Å². The summed E-state index contributed by atoms with van der Waals surface area (Å²) in [6.45, 7) is 6.10. The molecule has 0 heterocycles. The van der Waals surface area contributed by atoms with Crippen LogP contribution in [0.1, 0.15) is 37.5 Å². The molecule has 3 rings (SSSR count). The van der Waals surface area contributed by atoms with Crippen molar-refractivity contribution in [2.24, 2.45) is 0 Å². The summed E-state index contributed by atoms with van der Waals surface area (Å²) < 4.78 is 0. The van der Waals surface area contributed by atoms with E-state index in [0.29, 0.717) is 11.4 Å². The summed E-state index contributed by atoms with van der Waals surface area (Å²) >= 11 is 8.01. The second kappa shape index (κ2) is 12.8. The average molecular weight is 509 g/mol. The van der Waals surface area contributed by atoms with Crippen molar-refractivity contribution in [1.29, 1.82) is 0 Å². The van der Waals surface area contributed by atoms with Gasteiger partial charge >= 0.3 is 0 Å². The van der Waals surface area contributed by atoms with Crippen molar-refractivity contribution in [3.05, 3.63) is 107 Å². The van der Waals surface area contributed by atoms with E-state index < -0.39 is 11.6 Å². The van der Waals surface area contributed by atoms with Crippen LogP contribution in [0.5, 0.6) is 0 Å². The molecule has 4 nitrogen and oxygen atoms in total. The monoisotopic (exact) mass is 508 g/mol. The quantitative estimate of drug-likeness (QED) is 0.358. The lowest BCUT2D eigenvalue weighted by Crippen LogP contribution is -2.54. The van der Waals surface area contributed by atoms with Crippen LogP contribution >= 0.6 is 23.4 Å². The molecule has 0 aromatic heterocycles. The minimum atomic E-state index is -0.669. The van der Waals surface area contributed by atoms with Crippen molar-refractivity contribution in [2.75, 3.05) is 5.75 Å². The van der Waals surface area contributed by atoms with E-state index in [-0.39, 0.29) is 24.1 Å². The van der Waals surface area contributed by atoms with Crippen LogP contribution in [-0.4, -0.2) is 34.0 Å². The molecule has 0 fully saturated rings. The summed E-state index contributed by atoms with van der Waals surface area (Å²) in [6, 6.07) is 26.7. The van der Waals surface area contributed by atoms with E-state index in [9.17, 15) is 9.59 Å². The number of benzene rings is 3. The predicted molar refractivity (Wildman–Crippen MR) is 146 cm³/mol. The van der Waals surface area contributed by atoms with Crippen LogP contribution in [0, 0.1) is 0 Å². The second-order valence-corrected chi connectivity index (χ2v) is 10.9. The van der Waals surface area contributed by atoms with Gasteiger partial charge in [0.25, 0.3) is 0 Å². The van der Waals surface area contributed by atoms with Gasteiger partial charge in [-0.1, -0.05) is 90.5 Å². The Hall–Kier alpha value is -2.76. The van der Waals surface area contributed by atoms with Crippen molar-refractivity contribution in [3.63, 3.8) is 0 Å². The van der Waals surface area contributed by atoms with Crippen LogP contribution in [0.4, 0.5) is 0 Å². The third kappa shape index (κ3) is 8.75. The smallest absolute Gasteiger partial charge is 0.243 e. The average Bonchev–Trinajstić information content (AvgIpc) is 2.82. The highest BCUT2D eigenvalue weighted by Crippen LogP contribution is 2.22. The zero-order valence-electron chi connectivity index (χ0n) is 20.5. The highest BCUT2D eigenvalue weighted by atomic mass is 35.5. The van der Waals surface area contributed by atoms with E-state index in [1.165, 1.54) is 0 Å². The molecule has 0 aliphatic rings. The fourth-order valence-electron chi connectivity index (χ4n) is 3.73. The number of nitrogens with one attached hydrogen (secondary N) is 1. The summed E-state index contributed by atoms with van der Waals surface area (Å²) in [7, 11) is 0. The summed E-state index contributed by atoms with van der Waals surface area (Å²) in [5, 5.41) is 3.67. The Balaban J connectivity index is 1.88. The first-order valence-electron chi connectivity index (χ1n) is 11.7. The molecule has 0 saturated heterocycles. The molecule has 6 heteroatoms. The fourth-order valence-corrected chi connectivity index (χ4v) is 4.80. The molecule has 3 aromatic rings. The number of thioether (sulfide) groups is 1. The van der Waals surface area contributed by atoms with Gasteiger partial charge in [-0.3, -0.25) is 9.59 Å². The zero-order chi connectivity index (χ0) is 25.3. The fraction of sp³-hybridized carbons (Fsp3) is 0.310. The molecule has 0 bridgehead atoms. The number of hydrogen-bond acceptors (Lipinski definition) is 3. The molecule has 2 amide bonds. The Morgan fingerprint density at radius 2 is 1.46 bits per heavy atom. The number of halogens is 1. The van der Waals surface area contributed by atoms with Crippen LogP contribution < -0.4 is 5.32 Å². The number of amides is 2. The molecule has 0 unspecified atom stereocenters. The zero-order valence-corrected chi connectivity index (χ0v) is 22.1. The maximum absolute atomic E-state index is 13.6. The maximum Gasteiger partial charge on any atom is 0.243 e. The van der Waals surface area contributed by atoms with Gasteiger partial charge in [0.15, 0.2) is 0 Å². The van der Waals surface area contributed by atoms with Crippen molar-refractivity contribution in [3.8, 4) is 0 Å². The number of nitrogens with zero attached hydrogens (tertiary/aromatic N) is 1. The van der Waals surface area contributed by atoms with Crippen molar-refractivity contribution < 1.29 is 9.59 Å². The first kappa shape index (κ1) is 26.8. The normalized spacial score (nSPS) is 12.1. The number of hydrogen-bond donors (Lipinski definition) is 1. The van der Waals surface area contributed by atoms with E-state index in [2.05, 4.69) is 5.32 Å². The highest BCUT2D eigenvalue weighted by Gasteiger charge is 2.32. The summed E-state index contributed by atoms with van der Waals surface area (Å²) in [5.74, 6) is 0.739. The van der Waals surface area contributed by atoms with Gasteiger partial charge in [0, 0.05) is 29.3 Å². The standard InChI is InChI=1S/C29H33ClN2O2S/c1-29(2,3)31-28(34)26(18-22-12-6-4-7-13-22)32(19-24-16-10-11-17-25(24)30)27(33)21-35-20-23-14-8-5-9-15-23/h4-17,26H,18-21H2,1-3H3,(H,31,34)/t26-/m1/s1. The minimum Gasteiger partial charge on any atom is -0.350 e. The van der Waals surface area contributed by atoms with Gasteiger partial charge in [0.05, 0.1) is 5.75 Å². The van der Waals surface area contributed by atoms with E-state index in [4.69, 9.17) is 11.6 Å². The Morgan fingerprint density at radius 3 is 2.06 bits per heavy atom. The number of carbonyl (C=O) groups excluding carboxylic acids is 2. The molecule has 1 atom stereocenters. The summed E-state index contributed by atoms with van der Waals surface area (Å²) in [4.78, 5) is 28.9. The molecule has 0 saturated carbocycles. The lowest BCUT2D eigenvalue weighted by molar-refractivity contribution is -0.140. The first-order valence-corrected chi connectivity index (χ1v) is 13.3. The molecule has 35 heavy (non-hydrogen) atoms. The number of rotatable bonds is 10. The highest BCUT2D eigenvalue weighted by molar-refractivity contribution is 7.99. The lowest BCUT2D eigenvalue weighted by Gasteiger charge is -2.34. The molecular formula is C29H33ClN2O2S. The summed E-state index contributed by atoms with van der Waals surface area (Å²) in [5.41, 5.74) is 2.55. The second-order valence-electron chi connectivity index (χ2n) is 9.54.